The van der Waals surface area contributed by atoms with Crippen molar-refractivity contribution in [2.75, 3.05) is 11.9 Å². The number of thiazole rings is 1. The number of carbonyl (C=O) groups is 1. The van der Waals surface area contributed by atoms with Crippen LogP contribution in [0.25, 0.3) is 10.2 Å². The molecule has 0 unspecified atom stereocenters. The summed E-state index contributed by atoms with van der Waals surface area (Å²) >= 11 is 1.55. The van der Waals surface area contributed by atoms with Crippen LogP contribution in [0.15, 0.2) is 41.5 Å². The summed E-state index contributed by atoms with van der Waals surface area (Å²) in [6.07, 6.45) is 6.49. The van der Waals surface area contributed by atoms with Gasteiger partial charge in [0, 0.05) is 11.6 Å². The lowest BCUT2D eigenvalue weighted by Crippen LogP contribution is -2.36. The second-order valence-electron chi connectivity index (χ2n) is 5.62. The SMILES string of the molecule is O=C(CNc1nc2ccccc2s1)N/N=C1/C[C@H]2C=CC[C@H]12. The van der Waals surface area contributed by atoms with Gasteiger partial charge >= 0.3 is 0 Å². The first-order chi connectivity index (χ1) is 10.8. The van der Waals surface area contributed by atoms with Crippen molar-refractivity contribution in [2.45, 2.75) is 12.8 Å². The monoisotopic (exact) mass is 312 g/mol. The van der Waals surface area contributed by atoms with Crippen LogP contribution in [0.1, 0.15) is 12.8 Å². The highest BCUT2D eigenvalue weighted by atomic mass is 32.1. The zero-order valence-corrected chi connectivity index (χ0v) is 12.8. The van der Waals surface area contributed by atoms with Crippen molar-refractivity contribution in [3.8, 4) is 0 Å². The van der Waals surface area contributed by atoms with E-state index in [4.69, 9.17) is 0 Å². The molecule has 2 aromatic rings. The third kappa shape index (κ3) is 2.50. The number of rotatable bonds is 4. The van der Waals surface area contributed by atoms with Crippen LogP contribution in [-0.4, -0.2) is 23.1 Å². The second-order valence-corrected chi connectivity index (χ2v) is 6.65. The van der Waals surface area contributed by atoms with Gasteiger partial charge in [-0.2, -0.15) is 5.10 Å². The Morgan fingerprint density at radius 3 is 3.18 bits per heavy atom. The summed E-state index contributed by atoms with van der Waals surface area (Å²) in [6.45, 7) is 0.183. The molecule has 0 saturated heterocycles. The summed E-state index contributed by atoms with van der Waals surface area (Å²) < 4.78 is 1.11. The minimum atomic E-state index is -0.138. The molecule has 22 heavy (non-hydrogen) atoms. The zero-order chi connectivity index (χ0) is 14.9. The van der Waals surface area contributed by atoms with Crippen LogP contribution in [-0.2, 0) is 4.79 Å². The Labute approximate surface area is 132 Å². The molecule has 0 spiro atoms. The number of aromatic nitrogens is 1. The zero-order valence-electron chi connectivity index (χ0n) is 12.0. The van der Waals surface area contributed by atoms with E-state index in [0.29, 0.717) is 11.8 Å². The number of hydrazone groups is 1. The molecule has 1 saturated carbocycles. The van der Waals surface area contributed by atoms with Crippen LogP contribution >= 0.6 is 11.3 Å². The van der Waals surface area contributed by atoms with Gasteiger partial charge in [0.05, 0.1) is 16.8 Å². The molecule has 1 aromatic carbocycles. The van der Waals surface area contributed by atoms with E-state index in [9.17, 15) is 4.79 Å². The van der Waals surface area contributed by atoms with Gasteiger partial charge in [-0.05, 0) is 30.9 Å². The smallest absolute Gasteiger partial charge is 0.259 e. The first-order valence-electron chi connectivity index (χ1n) is 7.41. The van der Waals surface area contributed by atoms with Crippen molar-refractivity contribution >= 4 is 38.3 Å². The average molecular weight is 312 g/mol. The lowest BCUT2D eigenvalue weighted by atomic mass is 9.74. The fraction of sp³-hybridized carbons (Fsp3) is 0.312. The van der Waals surface area contributed by atoms with E-state index in [1.165, 1.54) is 0 Å². The van der Waals surface area contributed by atoms with E-state index in [0.717, 1.165) is 33.9 Å². The largest absolute Gasteiger partial charge is 0.352 e. The maximum Gasteiger partial charge on any atom is 0.259 e. The first-order valence-corrected chi connectivity index (χ1v) is 8.22. The number of allylic oxidation sites excluding steroid dienone is 2. The predicted molar refractivity (Wildman–Crippen MR) is 89.0 cm³/mol. The Morgan fingerprint density at radius 1 is 1.41 bits per heavy atom. The molecule has 2 aliphatic rings. The third-order valence-corrected chi connectivity index (χ3v) is 5.18. The Balaban J connectivity index is 1.30. The minimum absolute atomic E-state index is 0.138. The molecule has 0 radical (unpaired) electrons. The Kier molecular flexibility index (Phi) is 3.38. The summed E-state index contributed by atoms with van der Waals surface area (Å²) in [4.78, 5) is 16.3. The van der Waals surface area contributed by atoms with Crippen molar-refractivity contribution in [1.29, 1.82) is 0 Å². The number of hydrogen-bond donors (Lipinski definition) is 2. The number of nitrogens with one attached hydrogen (secondary N) is 2. The molecule has 1 amide bonds. The molecular weight excluding hydrogens is 296 g/mol. The lowest BCUT2D eigenvalue weighted by Gasteiger charge is -2.31. The van der Waals surface area contributed by atoms with E-state index in [1.54, 1.807) is 11.3 Å². The lowest BCUT2D eigenvalue weighted by molar-refractivity contribution is -0.119. The van der Waals surface area contributed by atoms with Gasteiger partial charge in [0.15, 0.2) is 5.13 Å². The van der Waals surface area contributed by atoms with Gasteiger partial charge in [-0.3, -0.25) is 4.79 Å². The molecule has 1 heterocycles. The highest BCUT2D eigenvalue weighted by Crippen LogP contribution is 2.40. The summed E-state index contributed by atoms with van der Waals surface area (Å²) in [5, 5.41) is 8.06. The molecule has 1 aromatic heterocycles. The third-order valence-electron chi connectivity index (χ3n) is 4.18. The predicted octanol–water partition coefficient (Wildman–Crippen LogP) is 2.78. The number of amides is 1. The molecular formula is C16H16N4OS. The molecule has 2 aliphatic carbocycles. The maximum absolute atomic E-state index is 11.8. The van der Waals surface area contributed by atoms with Crippen LogP contribution in [0.5, 0.6) is 0 Å². The maximum atomic E-state index is 11.8. The molecule has 0 bridgehead atoms. The van der Waals surface area contributed by atoms with Gasteiger partial charge in [0.1, 0.15) is 0 Å². The normalized spacial score (nSPS) is 24.3. The van der Waals surface area contributed by atoms with Crippen LogP contribution < -0.4 is 10.7 Å². The van der Waals surface area contributed by atoms with E-state index < -0.39 is 0 Å². The number of benzene rings is 1. The molecule has 2 N–H and O–H groups in total. The van der Waals surface area contributed by atoms with Gasteiger partial charge in [0.2, 0.25) is 0 Å². The van der Waals surface area contributed by atoms with E-state index in [-0.39, 0.29) is 12.5 Å². The number of carbonyl (C=O) groups excluding carboxylic acids is 1. The van der Waals surface area contributed by atoms with Gasteiger partial charge in [-0.1, -0.05) is 35.6 Å². The Bertz CT molecular complexity index is 746. The molecule has 4 rings (SSSR count). The molecule has 0 aliphatic heterocycles. The second kappa shape index (κ2) is 5.53. The van der Waals surface area contributed by atoms with Crippen LogP contribution in [0, 0.1) is 11.8 Å². The van der Waals surface area contributed by atoms with Crippen molar-refractivity contribution < 1.29 is 4.79 Å². The number of anilines is 1. The van der Waals surface area contributed by atoms with Gasteiger partial charge < -0.3 is 5.32 Å². The Hall–Kier alpha value is -2.21. The van der Waals surface area contributed by atoms with E-state index >= 15 is 0 Å². The molecule has 5 nitrogen and oxygen atoms in total. The van der Waals surface area contributed by atoms with Crippen LogP contribution in [0.3, 0.4) is 0 Å². The average Bonchev–Trinajstić information content (AvgIpc) is 3.09. The number of nitrogens with zero attached hydrogens (tertiary/aromatic N) is 2. The molecule has 2 atom stereocenters. The summed E-state index contributed by atoms with van der Waals surface area (Å²) in [5.41, 5.74) is 4.70. The fourth-order valence-electron chi connectivity index (χ4n) is 2.94. The van der Waals surface area contributed by atoms with Crippen molar-refractivity contribution in [2.24, 2.45) is 16.9 Å². The highest BCUT2D eigenvalue weighted by molar-refractivity contribution is 7.22. The van der Waals surface area contributed by atoms with Crippen LogP contribution in [0.2, 0.25) is 0 Å². The summed E-state index contributed by atoms with van der Waals surface area (Å²) in [5.74, 6) is 1.04. The van der Waals surface area contributed by atoms with Crippen molar-refractivity contribution in [3.63, 3.8) is 0 Å². The molecule has 1 fully saturated rings. The van der Waals surface area contributed by atoms with Gasteiger partial charge in [0.25, 0.3) is 5.91 Å². The van der Waals surface area contributed by atoms with Crippen LogP contribution in [0.4, 0.5) is 5.13 Å². The number of para-hydroxylation sites is 1. The topological polar surface area (TPSA) is 66.4 Å². The quantitative estimate of drug-likeness (QED) is 0.674. The van der Waals surface area contributed by atoms with Gasteiger partial charge in [-0.15, -0.1) is 0 Å². The minimum Gasteiger partial charge on any atom is -0.352 e. The van der Waals surface area contributed by atoms with Crippen molar-refractivity contribution in [1.82, 2.24) is 10.4 Å². The number of fused-ring (bicyclic) bond motifs is 2. The molecule has 112 valence electrons. The Morgan fingerprint density at radius 2 is 2.32 bits per heavy atom. The van der Waals surface area contributed by atoms with E-state index in [2.05, 4.69) is 33.0 Å². The molecule has 6 heteroatoms. The summed E-state index contributed by atoms with van der Waals surface area (Å²) in [7, 11) is 0. The van der Waals surface area contributed by atoms with Gasteiger partial charge in [-0.25, -0.2) is 10.4 Å². The standard InChI is InChI=1S/C16H16N4OS/c21-15(20-19-13-8-10-4-3-5-11(10)13)9-17-16-18-12-6-1-2-7-14(12)22-16/h1-4,6-7,10-11H,5,8-9H2,(H,17,18)(H,20,21)/b19-13-/t10-,11+/m1/s1. The summed E-state index contributed by atoms with van der Waals surface area (Å²) in [6, 6.07) is 7.92. The number of hydrogen-bond acceptors (Lipinski definition) is 5. The van der Waals surface area contributed by atoms with Crippen molar-refractivity contribution in [3.05, 3.63) is 36.4 Å². The first kappa shape index (κ1) is 13.5. The van der Waals surface area contributed by atoms with E-state index in [1.807, 2.05) is 24.3 Å². The highest BCUT2D eigenvalue weighted by Gasteiger charge is 2.37. The fourth-order valence-corrected chi connectivity index (χ4v) is 3.80.